The molecule has 2 aromatic carbocycles. The van der Waals surface area contributed by atoms with E-state index >= 15 is 0 Å². The van der Waals surface area contributed by atoms with Gasteiger partial charge in [-0.1, -0.05) is 36.4 Å². The van der Waals surface area contributed by atoms with Crippen LogP contribution in [0.3, 0.4) is 0 Å². The van der Waals surface area contributed by atoms with E-state index in [1.807, 2.05) is 48.5 Å². The van der Waals surface area contributed by atoms with Crippen LogP contribution in [0, 0.1) is 0 Å². The maximum absolute atomic E-state index is 12.2. The van der Waals surface area contributed by atoms with Crippen molar-refractivity contribution < 1.29 is 28.5 Å². The van der Waals surface area contributed by atoms with Crippen molar-refractivity contribution in [1.29, 1.82) is 0 Å². The van der Waals surface area contributed by atoms with Gasteiger partial charge in [0, 0.05) is 28.2 Å². The molecule has 0 saturated carbocycles. The highest BCUT2D eigenvalue weighted by atomic mass is 16.5. The molecule has 2 aromatic heterocycles. The second-order valence-corrected chi connectivity index (χ2v) is 6.78. The Labute approximate surface area is 178 Å². The number of esters is 2. The highest BCUT2D eigenvalue weighted by Crippen LogP contribution is 2.30. The number of aromatic amines is 2. The Morgan fingerprint density at radius 2 is 1.13 bits per heavy atom. The Morgan fingerprint density at radius 1 is 0.710 bits per heavy atom. The summed E-state index contributed by atoms with van der Waals surface area (Å²) in [6.45, 7) is 0.592. The summed E-state index contributed by atoms with van der Waals surface area (Å²) in [5.74, 6) is -0.225. The summed E-state index contributed by atoms with van der Waals surface area (Å²) in [7, 11) is 2.67. The van der Waals surface area contributed by atoms with E-state index in [0.717, 1.165) is 21.8 Å². The van der Waals surface area contributed by atoms with Crippen LogP contribution in [0.5, 0.6) is 11.8 Å². The van der Waals surface area contributed by atoms with Gasteiger partial charge in [0.1, 0.15) is 11.1 Å². The predicted molar refractivity (Wildman–Crippen MR) is 115 cm³/mol. The number of aromatic nitrogens is 2. The van der Waals surface area contributed by atoms with E-state index in [-0.39, 0.29) is 0 Å². The van der Waals surface area contributed by atoms with E-state index in [4.69, 9.17) is 18.9 Å². The van der Waals surface area contributed by atoms with Crippen LogP contribution in [0.25, 0.3) is 21.8 Å². The van der Waals surface area contributed by atoms with Gasteiger partial charge in [-0.3, -0.25) is 0 Å². The van der Waals surface area contributed by atoms with Gasteiger partial charge >= 0.3 is 11.9 Å². The molecule has 0 bridgehead atoms. The Kier molecular flexibility index (Phi) is 5.79. The molecule has 0 radical (unpaired) electrons. The molecule has 0 spiro atoms. The van der Waals surface area contributed by atoms with Crippen LogP contribution in [0.15, 0.2) is 48.5 Å². The maximum atomic E-state index is 12.2. The van der Waals surface area contributed by atoms with Gasteiger partial charge in [-0.15, -0.1) is 0 Å². The molecule has 0 unspecified atom stereocenters. The number of rotatable bonds is 8. The van der Waals surface area contributed by atoms with Gasteiger partial charge in [0.2, 0.25) is 11.8 Å². The number of carbonyl (C=O) groups is 2. The third-order valence-corrected chi connectivity index (χ3v) is 4.90. The summed E-state index contributed by atoms with van der Waals surface area (Å²) < 4.78 is 21.4. The van der Waals surface area contributed by atoms with Crippen molar-refractivity contribution in [2.75, 3.05) is 27.4 Å². The van der Waals surface area contributed by atoms with Crippen LogP contribution in [0.1, 0.15) is 27.1 Å². The number of benzene rings is 2. The summed E-state index contributed by atoms with van der Waals surface area (Å²) in [6.07, 6.45) is 0.520. The van der Waals surface area contributed by atoms with E-state index in [0.29, 0.717) is 42.5 Å². The average molecular weight is 422 g/mol. The molecule has 0 atom stereocenters. The second-order valence-electron chi connectivity index (χ2n) is 6.78. The van der Waals surface area contributed by atoms with E-state index < -0.39 is 11.9 Å². The Hall–Kier alpha value is -3.94. The van der Waals surface area contributed by atoms with Crippen molar-refractivity contribution in [2.45, 2.75) is 6.42 Å². The number of nitrogens with one attached hydrogen (secondary N) is 2. The monoisotopic (exact) mass is 422 g/mol. The van der Waals surface area contributed by atoms with Crippen molar-refractivity contribution in [3.63, 3.8) is 0 Å². The first kappa shape index (κ1) is 20.3. The standard InChI is InChI=1S/C23H22N2O6/c1-28-22(26)18-14-8-3-5-10-16(14)24-20(18)30-12-7-13-31-21-19(23(27)29-2)15-9-4-6-11-17(15)25-21/h3-6,8-11,24-25H,7,12-13H2,1-2H3. The number of fused-ring (bicyclic) bond motifs is 2. The van der Waals surface area contributed by atoms with Crippen LogP contribution in [-0.4, -0.2) is 49.3 Å². The molecule has 0 amide bonds. The van der Waals surface area contributed by atoms with Crippen molar-refractivity contribution in [3.05, 3.63) is 59.7 Å². The molecule has 31 heavy (non-hydrogen) atoms. The summed E-state index contributed by atoms with van der Waals surface area (Å²) in [5.41, 5.74) is 2.30. The van der Waals surface area contributed by atoms with Crippen LogP contribution in [-0.2, 0) is 9.47 Å². The number of carbonyl (C=O) groups excluding carboxylic acids is 2. The fraction of sp³-hybridized carbons (Fsp3) is 0.217. The first-order valence-corrected chi connectivity index (χ1v) is 9.77. The van der Waals surface area contributed by atoms with Gasteiger partial charge in [-0.05, 0) is 12.1 Å². The molecule has 0 aliphatic heterocycles. The lowest BCUT2D eigenvalue weighted by Crippen LogP contribution is -2.10. The molecule has 8 heteroatoms. The number of hydrogen-bond acceptors (Lipinski definition) is 6. The SMILES string of the molecule is COC(=O)c1c(OCCCOc2[nH]c3ccccc3c2C(=O)OC)[nH]c2ccccc12. The molecule has 2 heterocycles. The number of hydrogen-bond donors (Lipinski definition) is 2. The minimum Gasteiger partial charge on any atom is -0.478 e. The maximum Gasteiger partial charge on any atom is 0.344 e. The van der Waals surface area contributed by atoms with Gasteiger partial charge in [-0.25, -0.2) is 9.59 Å². The molecule has 160 valence electrons. The normalized spacial score (nSPS) is 10.9. The lowest BCUT2D eigenvalue weighted by Gasteiger charge is -2.08. The Balaban J connectivity index is 1.43. The van der Waals surface area contributed by atoms with Crippen molar-refractivity contribution in [2.24, 2.45) is 0 Å². The zero-order valence-electron chi connectivity index (χ0n) is 17.2. The topological polar surface area (TPSA) is 103 Å². The van der Waals surface area contributed by atoms with Crippen molar-refractivity contribution in [3.8, 4) is 11.8 Å². The number of ether oxygens (including phenoxy) is 4. The highest BCUT2D eigenvalue weighted by Gasteiger charge is 2.21. The zero-order valence-corrected chi connectivity index (χ0v) is 17.2. The van der Waals surface area contributed by atoms with Crippen LogP contribution < -0.4 is 9.47 Å². The Morgan fingerprint density at radius 3 is 1.55 bits per heavy atom. The van der Waals surface area contributed by atoms with Gasteiger partial charge in [-0.2, -0.15) is 0 Å². The zero-order chi connectivity index (χ0) is 21.8. The Bertz CT molecular complexity index is 1140. The quantitative estimate of drug-likeness (QED) is 0.328. The highest BCUT2D eigenvalue weighted by molar-refractivity contribution is 6.07. The van der Waals surface area contributed by atoms with Crippen LogP contribution >= 0.6 is 0 Å². The summed E-state index contributed by atoms with van der Waals surface area (Å²) in [6, 6.07) is 14.8. The smallest absolute Gasteiger partial charge is 0.344 e. The molecule has 2 N–H and O–H groups in total. The number of methoxy groups -OCH3 is 2. The first-order chi connectivity index (χ1) is 15.1. The number of H-pyrrole nitrogens is 2. The molecule has 0 aliphatic carbocycles. The van der Waals surface area contributed by atoms with Gasteiger partial charge < -0.3 is 28.9 Å². The van der Waals surface area contributed by atoms with Crippen molar-refractivity contribution >= 4 is 33.7 Å². The fourth-order valence-corrected chi connectivity index (χ4v) is 3.47. The molecular formula is C23H22N2O6. The van der Waals surface area contributed by atoms with Crippen LogP contribution in [0.4, 0.5) is 0 Å². The lowest BCUT2D eigenvalue weighted by molar-refractivity contribution is 0.0590. The predicted octanol–water partition coefficient (Wildman–Crippen LogP) is 4.07. The first-order valence-electron chi connectivity index (χ1n) is 9.77. The lowest BCUT2D eigenvalue weighted by atomic mass is 10.2. The minimum atomic E-state index is -0.468. The molecule has 8 nitrogen and oxygen atoms in total. The summed E-state index contributed by atoms with van der Waals surface area (Å²) >= 11 is 0. The third kappa shape index (κ3) is 3.92. The number of para-hydroxylation sites is 2. The average Bonchev–Trinajstić information content (AvgIpc) is 3.35. The van der Waals surface area contributed by atoms with E-state index in [2.05, 4.69) is 9.97 Å². The molecular weight excluding hydrogens is 400 g/mol. The van der Waals surface area contributed by atoms with E-state index in [1.54, 1.807) is 0 Å². The van der Waals surface area contributed by atoms with Gasteiger partial charge in [0.25, 0.3) is 0 Å². The van der Waals surface area contributed by atoms with Crippen molar-refractivity contribution in [1.82, 2.24) is 9.97 Å². The third-order valence-electron chi connectivity index (χ3n) is 4.90. The van der Waals surface area contributed by atoms with Gasteiger partial charge in [0.15, 0.2) is 0 Å². The molecule has 0 aliphatic rings. The summed E-state index contributed by atoms with van der Waals surface area (Å²) in [4.78, 5) is 30.6. The fourth-order valence-electron chi connectivity index (χ4n) is 3.47. The second kappa shape index (κ2) is 8.83. The van der Waals surface area contributed by atoms with E-state index in [1.165, 1.54) is 14.2 Å². The van der Waals surface area contributed by atoms with E-state index in [9.17, 15) is 9.59 Å². The van der Waals surface area contributed by atoms with Crippen LogP contribution in [0.2, 0.25) is 0 Å². The molecule has 0 fully saturated rings. The molecule has 0 saturated heterocycles. The van der Waals surface area contributed by atoms with Gasteiger partial charge in [0.05, 0.1) is 27.4 Å². The largest absolute Gasteiger partial charge is 0.478 e. The molecule has 4 rings (SSSR count). The minimum absolute atomic E-state index is 0.296. The summed E-state index contributed by atoms with van der Waals surface area (Å²) in [5, 5.41) is 1.47. The molecule has 4 aromatic rings.